The maximum atomic E-state index is 14.0. The molecule has 0 bridgehead atoms. The summed E-state index contributed by atoms with van der Waals surface area (Å²) in [5.41, 5.74) is 2.65. The number of aryl methyl sites for hydroxylation is 1. The number of nitrogens with zero attached hydrogens (tertiary/aromatic N) is 2. The monoisotopic (exact) mass is 348 g/mol. The van der Waals surface area contributed by atoms with E-state index in [1.54, 1.807) is 18.2 Å². The minimum Gasteiger partial charge on any atom is -0.266 e. The van der Waals surface area contributed by atoms with Gasteiger partial charge in [0, 0.05) is 28.3 Å². The smallest absolute Gasteiger partial charge is 0.266 e. The molecular weight excluding hydrogens is 335 g/mol. The number of halogens is 2. The molecule has 0 spiro atoms. The molecule has 1 aromatic carbocycles. The first-order chi connectivity index (χ1) is 11.0. The molecule has 2 aromatic heterocycles. The zero-order chi connectivity index (χ0) is 16.6. The molecule has 118 valence electrons. The van der Waals surface area contributed by atoms with E-state index in [1.165, 1.54) is 22.1 Å². The van der Waals surface area contributed by atoms with Crippen molar-refractivity contribution in [1.29, 1.82) is 0 Å². The highest BCUT2D eigenvalue weighted by molar-refractivity contribution is 7.12. The highest BCUT2D eigenvalue weighted by Crippen LogP contribution is 2.26. The van der Waals surface area contributed by atoms with Crippen LogP contribution >= 0.6 is 22.9 Å². The minimum atomic E-state index is -0.353. The minimum absolute atomic E-state index is 0.175. The van der Waals surface area contributed by atoms with Gasteiger partial charge in [0.05, 0.1) is 10.6 Å². The summed E-state index contributed by atoms with van der Waals surface area (Å²) in [5, 5.41) is 6.55. The van der Waals surface area contributed by atoms with Crippen LogP contribution in [0.2, 0.25) is 5.02 Å². The molecule has 3 nitrogen and oxygen atoms in total. The van der Waals surface area contributed by atoms with Gasteiger partial charge in [-0.1, -0.05) is 23.7 Å². The van der Waals surface area contributed by atoms with E-state index in [0.717, 1.165) is 5.56 Å². The molecule has 0 atom stereocenters. The second kappa shape index (κ2) is 6.26. The summed E-state index contributed by atoms with van der Waals surface area (Å²) in [6.45, 7) is 3.63. The van der Waals surface area contributed by atoms with Crippen LogP contribution in [0, 0.1) is 19.7 Å². The predicted molar refractivity (Wildman–Crippen MR) is 90.0 cm³/mol. The highest BCUT2D eigenvalue weighted by Gasteiger charge is 2.20. The average molecular weight is 349 g/mol. The van der Waals surface area contributed by atoms with Gasteiger partial charge in [-0.25, -0.2) is 4.39 Å². The number of aromatic nitrogens is 2. The first-order valence-corrected chi connectivity index (χ1v) is 8.31. The lowest BCUT2D eigenvalue weighted by atomic mass is 10.0. The number of benzene rings is 1. The molecule has 3 aromatic rings. The number of thiophene rings is 1. The maximum absolute atomic E-state index is 14.0. The van der Waals surface area contributed by atoms with Gasteiger partial charge in [-0.3, -0.25) is 4.79 Å². The molecule has 3 rings (SSSR count). The van der Waals surface area contributed by atoms with E-state index in [1.807, 2.05) is 25.3 Å². The lowest BCUT2D eigenvalue weighted by molar-refractivity contribution is 0.0946. The van der Waals surface area contributed by atoms with E-state index in [-0.39, 0.29) is 11.7 Å². The Morgan fingerprint density at radius 1 is 1.26 bits per heavy atom. The van der Waals surface area contributed by atoms with Crippen molar-refractivity contribution in [2.45, 2.75) is 20.3 Å². The summed E-state index contributed by atoms with van der Waals surface area (Å²) in [7, 11) is 0. The van der Waals surface area contributed by atoms with Gasteiger partial charge in [0.1, 0.15) is 5.82 Å². The molecule has 0 fully saturated rings. The lowest BCUT2D eigenvalue weighted by Crippen LogP contribution is -2.14. The Bertz CT molecular complexity index is 851. The fourth-order valence-corrected chi connectivity index (χ4v) is 3.39. The van der Waals surface area contributed by atoms with E-state index in [2.05, 4.69) is 5.10 Å². The molecule has 0 aliphatic heterocycles. The Hall–Kier alpha value is -1.98. The predicted octanol–water partition coefficient (Wildman–Crippen LogP) is 4.63. The van der Waals surface area contributed by atoms with Gasteiger partial charge in [-0.15, -0.1) is 11.3 Å². The first kappa shape index (κ1) is 15.9. The van der Waals surface area contributed by atoms with Crippen LogP contribution in [0.3, 0.4) is 0 Å². The van der Waals surface area contributed by atoms with E-state index < -0.39 is 0 Å². The summed E-state index contributed by atoms with van der Waals surface area (Å²) in [6, 6.07) is 8.20. The van der Waals surface area contributed by atoms with Crippen molar-refractivity contribution in [2.24, 2.45) is 0 Å². The zero-order valence-electron chi connectivity index (χ0n) is 12.6. The van der Waals surface area contributed by atoms with Crippen LogP contribution in [0.25, 0.3) is 0 Å². The third kappa shape index (κ3) is 2.94. The van der Waals surface area contributed by atoms with Gasteiger partial charge in [-0.2, -0.15) is 9.78 Å². The van der Waals surface area contributed by atoms with Gasteiger partial charge >= 0.3 is 0 Å². The molecule has 0 radical (unpaired) electrons. The Kier molecular flexibility index (Phi) is 4.33. The summed E-state index contributed by atoms with van der Waals surface area (Å²) in [6.07, 6.45) is 0.306. The standard InChI is InChI=1S/C17H14ClFN2OS/c1-10-12(9-13-14(18)5-3-6-15(13)19)11(2)21(20-10)17(22)16-7-4-8-23-16/h3-8H,9H2,1-2H3. The van der Waals surface area contributed by atoms with Gasteiger partial charge in [0.15, 0.2) is 0 Å². The van der Waals surface area contributed by atoms with Crippen molar-refractivity contribution in [1.82, 2.24) is 9.78 Å². The van der Waals surface area contributed by atoms with Crippen molar-refractivity contribution in [3.63, 3.8) is 0 Å². The van der Waals surface area contributed by atoms with E-state index in [4.69, 9.17) is 11.6 Å². The molecular formula is C17H14ClFN2OS. The lowest BCUT2D eigenvalue weighted by Gasteiger charge is -2.07. The van der Waals surface area contributed by atoms with Crippen LogP contribution < -0.4 is 0 Å². The van der Waals surface area contributed by atoms with E-state index in [9.17, 15) is 9.18 Å². The molecule has 0 N–H and O–H groups in total. The number of rotatable bonds is 3. The molecule has 0 unspecified atom stereocenters. The van der Waals surface area contributed by atoms with Crippen LogP contribution in [0.4, 0.5) is 4.39 Å². The van der Waals surface area contributed by atoms with Crippen molar-refractivity contribution < 1.29 is 9.18 Å². The van der Waals surface area contributed by atoms with Crippen LogP contribution in [-0.4, -0.2) is 15.7 Å². The third-order valence-corrected chi connectivity index (χ3v) is 4.99. The number of carbonyl (C=O) groups is 1. The molecule has 6 heteroatoms. The third-order valence-electron chi connectivity index (χ3n) is 3.78. The Morgan fingerprint density at radius 3 is 2.70 bits per heavy atom. The van der Waals surface area contributed by atoms with Crippen LogP contribution in [0.5, 0.6) is 0 Å². The van der Waals surface area contributed by atoms with Crippen LogP contribution in [0.15, 0.2) is 35.7 Å². The Balaban J connectivity index is 2.00. The maximum Gasteiger partial charge on any atom is 0.288 e. The second-order valence-corrected chi connectivity index (χ2v) is 6.58. The van der Waals surface area contributed by atoms with Gasteiger partial charge in [-0.05, 0) is 37.4 Å². The van der Waals surface area contributed by atoms with E-state index in [0.29, 0.717) is 33.3 Å². The Morgan fingerprint density at radius 2 is 2.04 bits per heavy atom. The SMILES string of the molecule is Cc1nn(C(=O)c2cccs2)c(C)c1Cc1c(F)cccc1Cl. The fourth-order valence-electron chi connectivity index (χ4n) is 2.51. The van der Waals surface area contributed by atoms with Gasteiger partial charge in [0.2, 0.25) is 0 Å². The Labute approximate surface area is 142 Å². The van der Waals surface area contributed by atoms with Crippen LogP contribution in [0.1, 0.15) is 32.2 Å². The first-order valence-electron chi connectivity index (χ1n) is 7.05. The van der Waals surface area contributed by atoms with Crippen molar-refractivity contribution in [2.75, 3.05) is 0 Å². The average Bonchev–Trinajstić information content (AvgIpc) is 3.13. The van der Waals surface area contributed by atoms with Crippen molar-refractivity contribution in [3.8, 4) is 0 Å². The second-order valence-electron chi connectivity index (χ2n) is 5.22. The number of hydrogen-bond acceptors (Lipinski definition) is 3. The summed E-state index contributed by atoms with van der Waals surface area (Å²) < 4.78 is 15.4. The molecule has 0 saturated heterocycles. The quantitative estimate of drug-likeness (QED) is 0.691. The van der Waals surface area contributed by atoms with Gasteiger partial charge < -0.3 is 0 Å². The highest BCUT2D eigenvalue weighted by atomic mass is 35.5. The van der Waals surface area contributed by atoms with Gasteiger partial charge in [0.25, 0.3) is 5.91 Å². The van der Waals surface area contributed by atoms with Crippen molar-refractivity contribution >= 4 is 28.8 Å². The summed E-state index contributed by atoms with van der Waals surface area (Å²) >= 11 is 7.47. The summed E-state index contributed by atoms with van der Waals surface area (Å²) in [5.74, 6) is -0.528. The molecule has 23 heavy (non-hydrogen) atoms. The topological polar surface area (TPSA) is 34.9 Å². The number of hydrogen-bond donors (Lipinski definition) is 0. The molecule has 0 saturated carbocycles. The van der Waals surface area contributed by atoms with E-state index >= 15 is 0 Å². The molecule has 0 aliphatic carbocycles. The van der Waals surface area contributed by atoms with Crippen molar-refractivity contribution in [3.05, 3.63) is 73.9 Å². The van der Waals surface area contributed by atoms with Crippen LogP contribution in [-0.2, 0) is 6.42 Å². The zero-order valence-corrected chi connectivity index (χ0v) is 14.2. The molecule has 2 heterocycles. The molecule has 0 amide bonds. The largest absolute Gasteiger partial charge is 0.288 e. The number of carbonyl (C=O) groups excluding carboxylic acids is 1. The normalized spacial score (nSPS) is 11.0. The summed E-state index contributed by atoms with van der Waals surface area (Å²) in [4.78, 5) is 13.1. The fraction of sp³-hybridized carbons (Fsp3) is 0.176. The molecule has 0 aliphatic rings.